The van der Waals surface area contributed by atoms with Crippen LogP contribution < -0.4 is 5.32 Å². The highest BCUT2D eigenvalue weighted by Crippen LogP contribution is 2.47. The van der Waals surface area contributed by atoms with Crippen molar-refractivity contribution in [1.29, 1.82) is 0 Å². The molecular weight excluding hydrogens is 338 g/mol. The molecule has 134 valence electrons. The van der Waals surface area contributed by atoms with Crippen LogP contribution >= 0.6 is 0 Å². The van der Waals surface area contributed by atoms with Crippen molar-refractivity contribution in [3.63, 3.8) is 0 Å². The van der Waals surface area contributed by atoms with Gasteiger partial charge in [-0.2, -0.15) is 0 Å². The summed E-state index contributed by atoms with van der Waals surface area (Å²) in [4.78, 5) is 8.95. The van der Waals surface area contributed by atoms with Crippen molar-refractivity contribution >= 4 is 22.4 Å². The monoisotopic (exact) mass is 357 g/mol. The average Bonchev–Trinajstić information content (AvgIpc) is 3.05. The van der Waals surface area contributed by atoms with Crippen molar-refractivity contribution in [3.8, 4) is 11.1 Å². The third kappa shape index (κ3) is 2.40. The molecule has 4 aromatic rings. The largest absolute Gasteiger partial charge is 0.380 e. The molecule has 1 saturated heterocycles. The first kappa shape index (κ1) is 15.1. The van der Waals surface area contributed by atoms with E-state index in [-0.39, 0.29) is 0 Å². The molecule has 6 nitrogen and oxygen atoms in total. The van der Waals surface area contributed by atoms with Gasteiger partial charge in [-0.3, -0.25) is 4.98 Å². The number of nitrogens with one attached hydrogen (secondary N) is 1. The van der Waals surface area contributed by atoms with Crippen molar-refractivity contribution in [2.45, 2.75) is 18.9 Å². The molecule has 1 aliphatic heterocycles. The van der Waals surface area contributed by atoms with Crippen LogP contribution in [-0.4, -0.2) is 38.8 Å². The van der Waals surface area contributed by atoms with Gasteiger partial charge in [0.1, 0.15) is 0 Å². The van der Waals surface area contributed by atoms with E-state index in [1.165, 1.54) is 0 Å². The minimum Gasteiger partial charge on any atom is -0.380 e. The molecule has 1 saturated carbocycles. The Kier molecular flexibility index (Phi) is 3.08. The van der Waals surface area contributed by atoms with Gasteiger partial charge in [0.2, 0.25) is 5.95 Å². The molecule has 2 fully saturated rings. The van der Waals surface area contributed by atoms with Crippen LogP contribution in [0.5, 0.6) is 0 Å². The van der Waals surface area contributed by atoms with Crippen LogP contribution in [0.3, 0.4) is 0 Å². The van der Waals surface area contributed by atoms with Crippen molar-refractivity contribution < 1.29 is 4.74 Å². The number of hydrogen-bond acceptors (Lipinski definition) is 5. The summed E-state index contributed by atoms with van der Waals surface area (Å²) in [5, 5.41) is 9.24. The van der Waals surface area contributed by atoms with Crippen LogP contribution in [0.4, 0.5) is 5.95 Å². The Morgan fingerprint density at radius 3 is 2.89 bits per heavy atom. The van der Waals surface area contributed by atoms with Crippen molar-refractivity contribution in [1.82, 2.24) is 19.6 Å². The maximum atomic E-state index is 5.34. The summed E-state index contributed by atoms with van der Waals surface area (Å²) in [5.41, 5.74) is 4.71. The fourth-order valence-corrected chi connectivity index (χ4v) is 4.35. The lowest BCUT2D eigenvalue weighted by molar-refractivity contribution is -0.160. The molecule has 1 aliphatic carbocycles. The lowest BCUT2D eigenvalue weighted by Gasteiger charge is -2.53. The van der Waals surface area contributed by atoms with E-state index in [2.05, 4.69) is 50.7 Å². The molecule has 2 aliphatic rings. The number of nitrogens with zero attached hydrogens (tertiary/aromatic N) is 4. The van der Waals surface area contributed by atoms with E-state index < -0.39 is 0 Å². The van der Waals surface area contributed by atoms with Gasteiger partial charge >= 0.3 is 0 Å². The maximum Gasteiger partial charge on any atom is 0.241 e. The van der Waals surface area contributed by atoms with Gasteiger partial charge in [0.05, 0.1) is 30.4 Å². The molecule has 27 heavy (non-hydrogen) atoms. The van der Waals surface area contributed by atoms with Crippen molar-refractivity contribution in [3.05, 3.63) is 55.0 Å². The van der Waals surface area contributed by atoms with Gasteiger partial charge < -0.3 is 10.1 Å². The zero-order valence-electron chi connectivity index (χ0n) is 14.8. The summed E-state index contributed by atoms with van der Waals surface area (Å²) >= 11 is 0. The Morgan fingerprint density at radius 1 is 1.11 bits per heavy atom. The Labute approximate surface area is 156 Å². The number of rotatable bonds is 3. The third-order valence-corrected chi connectivity index (χ3v) is 5.84. The number of benzene rings is 1. The molecule has 4 heterocycles. The van der Waals surface area contributed by atoms with Crippen molar-refractivity contribution in [2.75, 3.05) is 18.5 Å². The van der Waals surface area contributed by atoms with Crippen LogP contribution in [-0.2, 0) is 4.74 Å². The molecule has 0 amide bonds. The Hall–Kier alpha value is -2.99. The van der Waals surface area contributed by atoms with Crippen LogP contribution in [0.2, 0.25) is 0 Å². The van der Waals surface area contributed by atoms with Gasteiger partial charge in [0.15, 0.2) is 0 Å². The normalized spacial score (nSPS) is 18.5. The lowest BCUT2D eigenvalue weighted by atomic mass is 9.64. The topological polar surface area (TPSA) is 64.3 Å². The van der Waals surface area contributed by atoms with Crippen LogP contribution in [0.25, 0.3) is 27.5 Å². The summed E-state index contributed by atoms with van der Waals surface area (Å²) in [7, 11) is 0. The van der Waals surface area contributed by atoms with E-state index >= 15 is 0 Å². The molecule has 1 spiro atoms. The highest BCUT2D eigenvalue weighted by Gasteiger charge is 2.49. The third-order valence-electron chi connectivity index (χ3n) is 5.84. The van der Waals surface area contributed by atoms with E-state index in [0.29, 0.717) is 17.4 Å². The van der Waals surface area contributed by atoms with E-state index in [0.717, 1.165) is 53.6 Å². The summed E-state index contributed by atoms with van der Waals surface area (Å²) < 4.78 is 7.24. The van der Waals surface area contributed by atoms with Gasteiger partial charge in [-0.1, -0.05) is 12.1 Å². The molecule has 3 aromatic heterocycles. The van der Waals surface area contributed by atoms with Crippen LogP contribution in [0, 0.1) is 5.41 Å². The second-order valence-electron chi connectivity index (χ2n) is 7.79. The predicted octanol–water partition coefficient (Wildman–Crippen LogP) is 3.54. The summed E-state index contributed by atoms with van der Waals surface area (Å²) in [6, 6.07) is 12.9. The fraction of sp³-hybridized carbons (Fsp3) is 0.286. The molecule has 0 atom stereocenters. The number of fused-ring (bicyclic) bond motifs is 2. The predicted molar refractivity (Wildman–Crippen MR) is 104 cm³/mol. The number of ether oxygens (including phenoxy) is 1. The number of pyridine rings is 1. The molecule has 6 heteroatoms. The molecule has 6 rings (SSSR count). The molecule has 0 unspecified atom stereocenters. The SMILES string of the molecule is c1cnc2ccc(-c3ccn4nc(NC5CC6(COC6)C5)ncc34)cc2c1. The first-order valence-electron chi connectivity index (χ1n) is 9.32. The van der Waals surface area contributed by atoms with E-state index in [4.69, 9.17) is 4.74 Å². The van der Waals surface area contributed by atoms with Crippen LogP contribution in [0.15, 0.2) is 55.0 Å². The Balaban J connectivity index is 1.29. The molecular formula is C21H19N5O. The quantitative estimate of drug-likeness (QED) is 0.608. The smallest absolute Gasteiger partial charge is 0.241 e. The Bertz CT molecular complexity index is 1160. The lowest BCUT2D eigenvalue weighted by Crippen LogP contribution is -2.56. The molecule has 0 bridgehead atoms. The minimum absolute atomic E-state index is 0.438. The first-order valence-corrected chi connectivity index (χ1v) is 9.32. The standard InChI is InChI=1S/C21H19N5O/c1-2-15-8-14(3-4-18(15)22-6-1)17-5-7-26-19(17)11-23-20(25-26)24-16-9-21(10-16)12-27-13-21/h1-8,11,16H,9-10,12-13H2,(H,24,25). The molecule has 1 aromatic carbocycles. The zero-order chi connectivity index (χ0) is 17.8. The van der Waals surface area contributed by atoms with E-state index in [9.17, 15) is 0 Å². The second kappa shape index (κ2) is 5.50. The number of aromatic nitrogens is 4. The van der Waals surface area contributed by atoms with Gasteiger partial charge in [0, 0.05) is 34.8 Å². The minimum atomic E-state index is 0.438. The number of anilines is 1. The van der Waals surface area contributed by atoms with Gasteiger partial charge in [-0.15, -0.1) is 5.10 Å². The van der Waals surface area contributed by atoms with Crippen LogP contribution in [0.1, 0.15) is 12.8 Å². The fourth-order valence-electron chi connectivity index (χ4n) is 4.35. The Morgan fingerprint density at radius 2 is 2.04 bits per heavy atom. The highest BCUT2D eigenvalue weighted by molar-refractivity contribution is 5.88. The van der Waals surface area contributed by atoms with Crippen molar-refractivity contribution in [2.24, 2.45) is 5.41 Å². The highest BCUT2D eigenvalue weighted by atomic mass is 16.5. The summed E-state index contributed by atoms with van der Waals surface area (Å²) in [5.74, 6) is 0.687. The first-order chi connectivity index (χ1) is 13.3. The average molecular weight is 357 g/mol. The van der Waals surface area contributed by atoms with Gasteiger partial charge in [-0.05, 0) is 42.7 Å². The van der Waals surface area contributed by atoms with E-state index in [1.54, 1.807) is 0 Å². The summed E-state index contributed by atoms with van der Waals surface area (Å²) in [6.45, 7) is 1.82. The second-order valence-corrected chi connectivity index (χ2v) is 7.79. The maximum absolute atomic E-state index is 5.34. The summed E-state index contributed by atoms with van der Waals surface area (Å²) in [6.07, 6.45) is 8.01. The van der Waals surface area contributed by atoms with E-state index in [1.807, 2.05) is 29.2 Å². The zero-order valence-corrected chi connectivity index (χ0v) is 14.8. The molecule has 1 N–H and O–H groups in total. The molecule has 0 radical (unpaired) electrons. The van der Waals surface area contributed by atoms with Gasteiger partial charge in [0.25, 0.3) is 0 Å². The van der Waals surface area contributed by atoms with Gasteiger partial charge in [-0.25, -0.2) is 9.50 Å². The number of hydrogen-bond donors (Lipinski definition) is 1.